The molecule has 16 heavy (non-hydrogen) atoms. The van der Waals surface area contributed by atoms with Gasteiger partial charge in [-0.25, -0.2) is 0 Å². The number of benzene rings is 1. The molecular formula is C14H17NO. The zero-order chi connectivity index (χ0) is 11.8. The Labute approximate surface area is 97.1 Å². The molecule has 1 aromatic carbocycles. The molecule has 0 aliphatic heterocycles. The van der Waals surface area contributed by atoms with Gasteiger partial charge in [0.25, 0.3) is 0 Å². The highest BCUT2D eigenvalue weighted by molar-refractivity contribution is 5.78. The molecule has 0 heterocycles. The van der Waals surface area contributed by atoms with Crippen molar-refractivity contribution in [2.24, 2.45) is 0 Å². The summed E-state index contributed by atoms with van der Waals surface area (Å²) in [6.07, 6.45) is 7.13. The van der Waals surface area contributed by atoms with Crippen LogP contribution in [0, 0.1) is 19.3 Å². The molecule has 2 nitrogen and oxygen atoms in total. The van der Waals surface area contributed by atoms with Gasteiger partial charge in [0, 0.05) is 13.0 Å². The van der Waals surface area contributed by atoms with Gasteiger partial charge in [-0.2, -0.15) is 0 Å². The lowest BCUT2D eigenvalue weighted by Gasteiger charge is -2.06. The van der Waals surface area contributed by atoms with Crippen molar-refractivity contribution in [3.63, 3.8) is 0 Å². The summed E-state index contributed by atoms with van der Waals surface area (Å²) < 4.78 is 0. The predicted molar refractivity (Wildman–Crippen MR) is 66.0 cm³/mol. The Morgan fingerprint density at radius 3 is 2.88 bits per heavy atom. The zero-order valence-electron chi connectivity index (χ0n) is 9.62. The van der Waals surface area contributed by atoms with E-state index in [1.165, 1.54) is 0 Å². The fourth-order valence-electron chi connectivity index (χ4n) is 1.46. The van der Waals surface area contributed by atoms with Crippen LogP contribution in [0.1, 0.15) is 24.0 Å². The standard InChI is InChI=1S/C14H17NO/c1-3-4-7-10-15-14(16)11-13-9-6-5-8-12(13)2/h1,5-6,8-9H,4,7,10-11H2,2H3,(H,15,16). The molecule has 1 N–H and O–H groups in total. The molecule has 0 aromatic heterocycles. The normalized spacial score (nSPS) is 9.50. The number of aryl methyl sites for hydroxylation is 1. The Balaban J connectivity index is 2.35. The summed E-state index contributed by atoms with van der Waals surface area (Å²) in [5.74, 6) is 2.61. The van der Waals surface area contributed by atoms with Crippen molar-refractivity contribution in [3.8, 4) is 12.3 Å². The number of nitrogens with one attached hydrogen (secondary N) is 1. The highest BCUT2D eigenvalue weighted by Gasteiger charge is 2.04. The minimum absolute atomic E-state index is 0.0614. The molecule has 0 fully saturated rings. The maximum atomic E-state index is 11.6. The number of rotatable bonds is 5. The summed E-state index contributed by atoms with van der Waals surface area (Å²) >= 11 is 0. The first kappa shape index (κ1) is 12.3. The van der Waals surface area contributed by atoms with Crippen LogP contribution in [0.15, 0.2) is 24.3 Å². The van der Waals surface area contributed by atoms with Crippen molar-refractivity contribution >= 4 is 5.91 Å². The molecular weight excluding hydrogens is 198 g/mol. The van der Waals surface area contributed by atoms with Crippen LogP contribution < -0.4 is 5.32 Å². The van der Waals surface area contributed by atoms with E-state index < -0.39 is 0 Å². The smallest absolute Gasteiger partial charge is 0.224 e. The van der Waals surface area contributed by atoms with Gasteiger partial charge in [0.05, 0.1) is 6.42 Å². The van der Waals surface area contributed by atoms with E-state index in [-0.39, 0.29) is 5.91 Å². The second kappa shape index (κ2) is 6.68. The van der Waals surface area contributed by atoms with Crippen LogP contribution in [-0.2, 0) is 11.2 Å². The fourth-order valence-corrected chi connectivity index (χ4v) is 1.46. The maximum Gasteiger partial charge on any atom is 0.224 e. The molecule has 0 unspecified atom stereocenters. The first-order chi connectivity index (χ1) is 7.74. The Kier molecular flexibility index (Phi) is 5.15. The van der Waals surface area contributed by atoms with Crippen molar-refractivity contribution in [2.45, 2.75) is 26.2 Å². The van der Waals surface area contributed by atoms with Gasteiger partial charge in [-0.05, 0) is 24.5 Å². The van der Waals surface area contributed by atoms with Gasteiger partial charge >= 0.3 is 0 Å². The lowest BCUT2D eigenvalue weighted by Crippen LogP contribution is -2.26. The summed E-state index contributed by atoms with van der Waals surface area (Å²) in [7, 11) is 0. The number of hydrogen-bond donors (Lipinski definition) is 1. The average molecular weight is 215 g/mol. The molecule has 84 valence electrons. The zero-order valence-corrected chi connectivity index (χ0v) is 9.62. The third-order valence-corrected chi connectivity index (χ3v) is 2.43. The monoisotopic (exact) mass is 215 g/mol. The van der Waals surface area contributed by atoms with Crippen LogP contribution in [0.4, 0.5) is 0 Å². The Hall–Kier alpha value is -1.75. The highest BCUT2D eigenvalue weighted by atomic mass is 16.1. The van der Waals surface area contributed by atoms with Gasteiger partial charge in [-0.15, -0.1) is 12.3 Å². The van der Waals surface area contributed by atoms with Crippen molar-refractivity contribution < 1.29 is 4.79 Å². The lowest BCUT2D eigenvalue weighted by atomic mass is 10.1. The topological polar surface area (TPSA) is 29.1 Å². The average Bonchev–Trinajstić information content (AvgIpc) is 2.28. The summed E-state index contributed by atoms with van der Waals surface area (Å²) in [6, 6.07) is 7.93. The second-order valence-electron chi connectivity index (χ2n) is 3.76. The van der Waals surface area contributed by atoms with E-state index in [0.29, 0.717) is 19.4 Å². The summed E-state index contributed by atoms with van der Waals surface area (Å²) in [5.41, 5.74) is 2.23. The molecule has 0 saturated heterocycles. The van der Waals surface area contributed by atoms with Gasteiger partial charge in [0.2, 0.25) is 5.91 Å². The molecule has 1 amide bonds. The quantitative estimate of drug-likeness (QED) is 0.591. The Morgan fingerprint density at radius 2 is 2.19 bits per heavy atom. The molecule has 0 bridgehead atoms. The lowest BCUT2D eigenvalue weighted by molar-refractivity contribution is -0.120. The van der Waals surface area contributed by atoms with Gasteiger partial charge in [-0.3, -0.25) is 4.79 Å². The van der Waals surface area contributed by atoms with Crippen molar-refractivity contribution in [3.05, 3.63) is 35.4 Å². The first-order valence-electron chi connectivity index (χ1n) is 5.48. The molecule has 0 saturated carbocycles. The third kappa shape index (κ3) is 4.18. The van der Waals surface area contributed by atoms with E-state index in [1.54, 1.807) is 0 Å². The van der Waals surface area contributed by atoms with Gasteiger partial charge in [0.15, 0.2) is 0 Å². The largest absolute Gasteiger partial charge is 0.356 e. The third-order valence-electron chi connectivity index (χ3n) is 2.43. The number of carbonyl (C=O) groups is 1. The maximum absolute atomic E-state index is 11.6. The molecule has 0 aliphatic rings. The fraction of sp³-hybridized carbons (Fsp3) is 0.357. The molecule has 0 atom stereocenters. The van der Waals surface area contributed by atoms with Crippen LogP contribution >= 0.6 is 0 Å². The van der Waals surface area contributed by atoms with Crippen molar-refractivity contribution in [2.75, 3.05) is 6.54 Å². The summed E-state index contributed by atoms with van der Waals surface area (Å²) in [4.78, 5) is 11.6. The predicted octanol–water partition coefficient (Wildman–Crippen LogP) is 2.07. The van der Waals surface area contributed by atoms with Crippen LogP contribution in [0.5, 0.6) is 0 Å². The van der Waals surface area contributed by atoms with E-state index in [4.69, 9.17) is 6.42 Å². The van der Waals surface area contributed by atoms with E-state index >= 15 is 0 Å². The molecule has 0 aliphatic carbocycles. The van der Waals surface area contributed by atoms with Crippen molar-refractivity contribution in [1.82, 2.24) is 5.32 Å². The Bertz CT molecular complexity index is 390. The van der Waals surface area contributed by atoms with Gasteiger partial charge in [-0.1, -0.05) is 24.3 Å². The number of amides is 1. The van der Waals surface area contributed by atoms with Gasteiger partial charge in [0.1, 0.15) is 0 Å². The molecule has 0 spiro atoms. The van der Waals surface area contributed by atoms with E-state index in [1.807, 2.05) is 31.2 Å². The second-order valence-corrected chi connectivity index (χ2v) is 3.76. The number of terminal acetylenes is 1. The molecule has 2 heteroatoms. The van der Waals surface area contributed by atoms with Crippen LogP contribution in [-0.4, -0.2) is 12.5 Å². The molecule has 1 rings (SSSR count). The highest BCUT2D eigenvalue weighted by Crippen LogP contribution is 2.07. The number of unbranched alkanes of at least 4 members (excludes halogenated alkanes) is 1. The van der Waals surface area contributed by atoms with Crippen LogP contribution in [0.25, 0.3) is 0 Å². The number of hydrogen-bond acceptors (Lipinski definition) is 1. The van der Waals surface area contributed by atoms with Crippen LogP contribution in [0.3, 0.4) is 0 Å². The first-order valence-corrected chi connectivity index (χ1v) is 5.48. The minimum Gasteiger partial charge on any atom is -0.356 e. The van der Waals surface area contributed by atoms with E-state index in [9.17, 15) is 4.79 Å². The van der Waals surface area contributed by atoms with E-state index in [2.05, 4.69) is 11.2 Å². The van der Waals surface area contributed by atoms with Crippen LogP contribution in [0.2, 0.25) is 0 Å². The molecule has 1 aromatic rings. The SMILES string of the molecule is C#CCCCNC(=O)Cc1ccccc1C. The number of carbonyl (C=O) groups excluding carboxylic acids is 1. The summed E-state index contributed by atoms with van der Waals surface area (Å²) in [6.45, 7) is 2.68. The minimum atomic E-state index is 0.0614. The summed E-state index contributed by atoms with van der Waals surface area (Å²) in [5, 5.41) is 2.86. The molecule has 0 radical (unpaired) electrons. The Morgan fingerprint density at radius 1 is 1.44 bits per heavy atom. The van der Waals surface area contributed by atoms with E-state index in [0.717, 1.165) is 17.5 Å². The van der Waals surface area contributed by atoms with Gasteiger partial charge < -0.3 is 5.32 Å². The van der Waals surface area contributed by atoms with Crippen molar-refractivity contribution in [1.29, 1.82) is 0 Å².